The van der Waals surface area contributed by atoms with E-state index in [9.17, 15) is 9.59 Å². The van der Waals surface area contributed by atoms with E-state index in [4.69, 9.17) is 9.47 Å². The van der Waals surface area contributed by atoms with Crippen LogP contribution in [0.1, 0.15) is 22.3 Å². The molecule has 7 nitrogen and oxygen atoms in total. The Hall–Kier alpha value is -3.61. The zero-order chi connectivity index (χ0) is 20.2. The second-order valence-corrected chi connectivity index (χ2v) is 5.67. The van der Waals surface area contributed by atoms with Crippen molar-refractivity contribution in [3.05, 3.63) is 72.3 Å². The highest BCUT2D eigenvalue weighted by atomic mass is 16.5. The predicted octanol–water partition coefficient (Wildman–Crippen LogP) is 2.53. The molecule has 2 amide bonds. The van der Waals surface area contributed by atoms with Gasteiger partial charge in [0.2, 0.25) is 5.91 Å². The van der Waals surface area contributed by atoms with Crippen LogP contribution in [0.25, 0.3) is 0 Å². The number of hydrazone groups is 1. The average molecular weight is 381 g/mol. The summed E-state index contributed by atoms with van der Waals surface area (Å²) in [6, 6.07) is 14.0. The summed E-state index contributed by atoms with van der Waals surface area (Å²) < 4.78 is 10.6. The molecule has 0 heterocycles. The van der Waals surface area contributed by atoms with Crippen molar-refractivity contribution < 1.29 is 19.1 Å². The molecule has 2 aromatic carbocycles. The van der Waals surface area contributed by atoms with Crippen LogP contribution in [-0.2, 0) is 4.79 Å². The van der Waals surface area contributed by atoms with E-state index in [1.807, 2.05) is 18.2 Å². The molecular formula is C21H23N3O4. The van der Waals surface area contributed by atoms with Gasteiger partial charge in [0.25, 0.3) is 5.91 Å². The molecule has 0 atom stereocenters. The Balaban J connectivity index is 1.76. The molecule has 0 radical (unpaired) electrons. The van der Waals surface area contributed by atoms with Crippen LogP contribution in [0.15, 0.2) is 66.3 Å². The molecule has 0 aliphatic rings. The number of rotatable bonds is 10. The highest BCUT2D eigenvalue weighted by Gasteiger charge is 2.07. The molecule has 0 bridgehead atoms. The third-order valence-corrected chi connectivity index (χ3v) is 3.66. The van der Waals surface area contributed by atoms with Crippen LogP contribution in [0.3, 0.4) is 0 Å². The fourth-order valence-corrected chi connectivity index (χ4v) is 2.23. The van der Waals surface area contributed by atoms with Gasteiger partial charge in [0, 0.05) is 24.1 Å². The second kappa shape index (κ2) is 11.2. The van der Waals surface area contributed by atoms with Crippen molar-refractivity contribution in [2.24, 2.45) is 5.10 Å². The summed E-state index contributed by atoms with van der Waals surface area (Å²) in [5, 5.41) is 6.61. The van der Waals surface area contributed by atoms with Crippen molar-refractivity contribution >= 4 is 18.0 Å². The first-order valence-corrected chi connectivity index (χ1v) is 8.71. The molecule has 146 valence electrons. The first-order chi connectivity index (χ1) is 13.6. The first kappa shape index (κ1) is 20.7. The number of para-hydroxylation sites is 1. The smallest absolute Gasteiger partial charge is 0.251 e. The van der Waals surface area contributed by atoms with Gasteiger partial charge in [-0.05, 0) is 36.4 Å². The fraction of sp³-hybridized carbons (Fsp3) is 0.190. The Kier molecular flexibility index (Phi) is 8.26. The van der Waals surface area contributed by atoms with Crippen LogP contribution < -0.4 is 20.2 Å². The number of amides is 2. The Morgan fingerprint density at radius 1 is 1.14 bits per heavy atom. The van der Waals surface area contributed by atoms with Gasteiger partial charge in [-0.15, -0.1) is 0 Å². The lowest BCUT2D eigenvalue weighted by Gasteiger charge is -2.07. The van der Waals surface area contributed by atoms with E-state index < -0.39 is 0 Å². The summed E-state index contributed by atoms with van der Waals surface area (Å²) >= 11 is 0. The minimum absolute atomic E-state index is 0.105. The van der Waals surface area contributed by atoms with Crippen molar-refractivity contribution in [2.45, 2.75) is 6.42 Å². The van der Waals surface area contributed by atoms with Gasteiger partial charge >= 0.3 is 0 Å². The van der Waals surface area contributed by atoms with Gasteiger partial charge in [-0.1, -0.05) is 24.8 Å². The van der Waals surface area contributed by atoms with E-state index in [-0.39, 0.29) is 24.8 Å². The number of carbonyl (C=O) groups excluding carboxylic acids is 2. The normalized spacial score (nSPS) is 10.3. The lowest BCUT2D eigenvalue weighted by molar-refractivity contribution is -0.120. The Morgan fingerprint density at radius 2 is 1.89 bits per heavy atom. The van der Waals surface area contributed by atoms with E-state index in [0.717, 1.165) is 5.56 Å². The molecular weight excluding hydrogens is 358 g/mol. The van der Waals surface area contributed by atoms with Gasteiger partial charge in [0.15, 0.2) is 0 Å². The summed E-state index contributed by atoms with van der Waals surface area (Å²) in [6.07, 6.45) is 3.26. The van der Waals surface area contributed by atoms with Crippen LogP contribution in [-0.4, -0.2) is 38.3 Å². The number of hydrogen-bond donors (Lipinski definition) is 2. The first-order valence-electron chi connectivity index (χ1n) is 8.71. The van der Waals surface area contributed by atoms with E-state index >= 15 is 0 Å². The Labute approximate surface area is 164 Å². The lowest BCUT2D eigenvalue weighted by atomic mass is 10.2. The molecule has 7 heteroatoms. The topological polar surface area (TPSA) is 89.0 Å². The van der Waals surface area contributed by atoms with Crippen molar-refractivity contribution in [1.82, 2.24) is 10.7 Å². The molecule has 0 saturated carbocycles. The number of hydrogen-bond acceptors (Lipinski definition) is 5. The third kappa shape index (κ3) is 6.60. The molecule has 0 aliphatic carbocycles. The zero-order valence-electron chi connectivity index (χ0n) is 15.7. The monoisotopic (exact) mass is 381 g/mol. The molecule has 0 aromatic heterocycles. The lowest BCUT2D eigenvalue weighted by Crippen LogP contribution is -2.29. The zero-order valence-corrected chi connectivity index (χ0v) is 15.7. The standard InChI is InChI=1S/C21H23N3O4/c1-3-14-28-19-7-5-4-6-17(19)15-23-24-20(25)12-13-22-21(26)16-8-10-18(27-2)11-9-16/h3-11,15H,1,12-14H2,2H3,(H,22,26)(H,24,25). The average Bonchev–Trinajstić information content (AvgIpc) is 2.73. The maximum atomic E-state index is 12.0. The minimum Gasteiger partial charge on any atom is -0.497 e. The highest BCUT2D eigenvalue weighted by molar-refractivity contribution is 5.94. The Bertz CT molecular complexity index is 832. The van der Waals surface area contributed by atoms with Crippen LogP contribution in [0.2, 0.25) is 0 Å². The van der Waals surface area contributed by atoms with Crippen molar-refractivity contribution in [3.8, 4) is 11.5 Å². The summed E-state index contributed by atoms with van der Waals surface area (Å²) in [5.74, 6) is 0.750. The summed E-state index contributed by atoms with van der Waals surface area (Å²) in [5.41, 5.74) is 3.66. The van der Waals surface area contributed by atoms with Gasteiger partial charge < -0.3 is 14.8 Å². The van der Waals surface area contributed by atoms with Crippen LogP contribution in [0.4, 0.5) is 0 Å². The number of benzene rings is 2. The number of nitrogens with one attached hydrogen (secondary N) is 2. The minimum atomic E-state index is -0.309. The molecule has 0 spiro atoms. The second-order valence-electron chi connectivity index (χ2n) is 5.67. The SMILES string of the molecule is C=CCOc1ccccc1C=NNC(=O)CCNC(=O)c1ccc(OC)cc1. The maximum Gasteiger partial charge on any atom is 0.251 e. The Morgan fingerprint density at radius 3 is 2.61 bits per heavy atom. The number of carbonyl (C=O) groups is 2. The van der Waals surface area contributed by atoms with Gasteiger partial charge in [-0.2, -0.15) is 5.10 Å². The van der Waals surface area contributed by atoms with Gasteiger partial charge in [0.1, 0.15) is 18.1 Å². The maximum absolute atomic E-state index is 12.0. The molecule has 0 fully saturated rings. The van der Waals surface area contributed by atoms with E-state index in [2.05, 4.69) is 22.4 Å². The number of nitrogens with zero attached hydrogens (tertiary/aromatic N) is 1. The van der Waals surface area contributed by atoms with Crippen LogP contribution in [0.5, 0.6) is 11.5 Å². The van der Waals surface area contributed by atoms with Gasteiger partial charge in [0.05, 0.1) is 13.3 Å². The van der Waals surface area contributed by atoms with Crippen LogP contribution >= 0.6 is 0 Å². The van der Waals surface area contributed by atoms with E-state index in [1.165, 1.54) is 6.21 Å². The molecule has 0 unspecified atom stereocenters. The van der Waals surface area contributed by atoms with E-state index in [0.29, 0.717) is 23.7 Å². The molecule has 2 rings (SSSR count). The van der Waals surface area contributed by atoms with Crippen molar-refractivity contribution in [3.63, 3.8) is 0 Å². The summed E-state index contributed by atoms with van der Waals surface area (Å²) in [6.45, 7) is 4.19. The highest BCUT2D eigenvalue weighted by Crippen LogP contribution is 2.15. The van der Waals surface area contributed by atoms with Gasteiger partial charge in [-0.3, -0.25) is 9.59 Å². The van der Waals surface area contributed by atoms with Gasteiger partial charge in [-0.25, -0.2) is 5.43 Å². The summed E-state index contributed by atoms with van der Waals surface area (Å²) in [7, 11) is 1.56. The molecule has 2 aromatic rings. The largest absolute Gasteiger partial charge is 0.497 e. The summed E-state index contributed by atoms with van der Waals surface area (Å²) in [4.78, 5) is 23.9. The van der Waals surface area contributed by atoms with Crippen molar-refractivity contribution in [2.75, 3.05) is 20.3 Å². The molecule has 2 N–H and O–H groups in total. The fourth-order valence-electron chi connectivity index (χ4n) is 2.23. The molecule has 28 heavy (non-hydrogen) atoms. The molecule has 0 saturated heterocycles. The third-order valence-electron chi connectivity index (χ3n) is 3.66. The van der Waals surface area contributed by atoms with Crippen LogP contribution in [0, 0.1) is 0 Å². The van der Waals surface area contributed by atoms with E-state index in [1.54, 1.807) is 43.5 Å². The number of ether oxygens (including phenoxy) is 2. The predicted molar refractivity (Wildman–Crippen MR) is 108 cm³/mol. The number of methoxy groups -OCH3 is 1. The quantitative estimate of drug-likeness (QED) is 0.376. The molecule has 0 aliphatic heterocycles. The van der Waals surface area contributed by atoms with Crippen molar-refractivity contribution in [1.29, 1.82) is 0 Å².